The van der Waals surface area contributed by atoms with Crippen molar-refractivity contribution >= 4 is 5.91 Å². The molecule has 0 spiro atoms. The summed E-state index contributed by atoms with van der Waals surface area (Å²) in [5.74, 6) is -0.0215. The number of aryl methyl sites for hydroxylation is 1. The summed E-state index contributed by atoms with van der Waals surface area (Å²) in [7, 11) is 0. The minimum atomic E-state index is -0.0215. The lowest BCUT2D eigenvalue weighted by molar-refractivity contribution is 0.0945. The van der Waals surface area contributed by atoms with Gasteiger partial charge in [-0.3, -0.25) is 9.89 Å². The molecular formula is C20H26N4O. The van der Waals surface area contributed by atoms with E-state index in [1.165, 1.54) is 37.9 Å². The van der Waals surface area contributed by atoms with E-state index in [2.05, 4.69) is 38.6 Å². The Morgan fingerprint density at radius 3 is 2.88 bits per heavy atom. The summed E-state index contributed by atoms with van der Waals surface area (Å²) in [4.78, 5) is 15.0. The smallest absolute Gasteiger partial charge is 0.269 e. The van der Waals surface area contributed by atoms with Crippen LogP contribution in [-0.4, -0.2) is 47.2 Å². The molecule has 0 bridgehead atoms. The number of hydrogen-bond acceptors (Lipinski definition) is 3. The van der Waals surface area contributed by atoms with E-state index in [-0.39, 0.29) is 5.91 Å². The third-order valence-corrected chi connectivity index (χ3v) is 5.40. The molecule has 1 aromatic carbocycles. The second-order valence-corrected chi connectivity index (χ2v) is 7.09. The van der Waals surface area contributed by atoms with Gasteiger partial charge < -0.3 is 10.2 Å². The standard InChI is InChI=1S/C20H26N4O/c25-20(21-11-6-14-24-12-4-1-5-13-24)19-17-10-9-15-7-2-3-8-16(15)18(17)22-23-19/h2-3,7-8H,1,4-6,9-14H2,(H,21,25)(H,22,23). The molecule has 2 N–H and O–H groups in total. The number of aromatic amines is 1. The molecule has 1 aromatic heterocycles. The molecule has 5 nitrogen and oxygen atoms in total. The molecule has 0 radical (unpaired) electrons. The summed E-state index contributed by atoms with van der Waals surface area (Å²) in [5.41, 5.74) is 5.12. The Labute approximate surface area is 148 Å². The summed E-state index contributed by atoms with van der Waals surface area (Å²) in [6.45, 7) is 4.22. The Morgan fingerprint density at radius 1 is 1.16 bits per heavy atom. The lowest BCUT2D eigenvalue weighted by Crippen LogP contribution is -2.33. The topological polar surface area (TPSA) is 61.0 Å². The molecule has 1 fully saturated rings. The van der Waals surface area contributed by atoms with E-state index in [0.717, 1.165) is 49.2 Å². The SMILES string of the molecule is O=C(NCCCN1CCCCC1)c1[nH]nc2c1CCc1ccccc1-2. The number of rotatable bonds is 5. The molecular weight excluding hydrogens is 312 g/mol. The zero-order valence-corrected chi connectivity index (χ0v) is 14.7. The van der Waals surface area contributed by atoms with Crippen LogP contribution < -0.4 is 5.32 Å². The second-order valence-electron chi connectivity index (χ2n) is 7.09. The van der Waals surface area contributed by atoms with Gasteiger partial charge >= 0.3 is 0 Å². The number of likely N-dealkylation sites (tertiary alicyclic amines) is 1. The highest BCUT2D eigenvalue weighted by Crippen LogP contribution is 2.33. The van der Waals surface area contributed by atoms with Crippen LogP contribution in [0.15, 0.2) is 24.3 Å². The number of aromatic nitrogens is 2. The van der Waals surface area contributed by atoms with Gasteiger partial charge in [0.2, 0.25) is 0 Å². The largest absolute Gasteiger partial charge is 0.351 e. The van der Waals surface area contributed by atoms with Crippen molar-refractivity contribution in [3.05, 3.63) is 41.1 Å². The van der Waals surface area contributed by atoms with Crippen molar-refractivity contribution in [1.82, 2.24) is 20.4 Å². The van der Waals surface area contributed by atoms with Crippen LogP contribution in [0.1, 0.15) is 47.3 Å². The molecule has 25 heavy (non-hydrogen) atoms. The Balaban J connectivity index is 1.35. The first-order valence-electron chi connectivity index (χ1n) is 9.49. The molecule has 1 aliphatic heterocycles. The van der Waals surface area contributed by atoms with Gasteiger partial charge in [0, 0.05) is 17.7 Å². The van der Waals surface area contributed by atoms with Crippen LogP contribution in [0.4, 0.5) is 0 Å². The van der Waals surface area contributed by atoms with Crippen LogP contribution in [-0.2, 0) is 12.8 Å². The Morgan fingerprint density at radius 2 is 2.00 bits per heavy atom. The lowest BCUT2D eigenvalue weighted by atomic mass is 9.89. The average Bonchev–Trinajstić information content (AvgIpc) is 3.10. The van der Waals surface area contributed by atoms with Gasteiger partial charge in [-0.05, 0) is 57.3 Å². The fourth-order valence-corrected chi connectivity index (χ4v) is 4.02. The van der Waals surface area contributed by atoms with E-state index in [9.17, 15) is 4.79 Å². The number of piperidine rings is 1. The fraction of sp³-hybridized carbons (Fsp3) is 0.500. The summed E-state index contributed by atoms with van der Waals surface area (Å²) in [6, 6.07) is 8.33. The van der Waals surface area contributed by atoms with E-state index in [0.29, 0.717) is 5.69 Å². The number of nitrogens with one attached hydrogen (secondary N) is 2. The van der Waals surface area contributed by atoms with Crippen LogP contribution in [0.3, 0.4) is 0 Å². The monoisotopic (exact) mass is 338 g/mol. The summed E-state index contributed by atoms with van der Waals surface area (Å²) in [6.07, 6.45) is 6.84. The van der Waals surface area contributed by atoms with Crippen molar-refractivity contribution in [3.63, 3.8) is 0 Å². The van der Waals surface area contributed by atoms with Gasteiger partial charge in [-0.25, -0.2) is 0 Å². The number of carbonyl (C=O) groups is 1. The highest BCUT2D eigenvalue weighted by molar-refractivity contribution is 5.96. The van der Waals surface area contributed by atoms with Crippen molar-refractivity contribution in [3.8, 4) is 11.3 Å². The number of nitrogens with zero attached hydrogens (tertiary/aromatic N) is 2. The zero-order chi connectivity index (χ0) is 17.1. The highest BCUT2D eigenvalue weighted by atomic mass is 16.1. The molecule has 5 heteroatoms. The predicted molar refractivity (Wildman–Crippen MR) is 98.7 cm³/mol. The zero-order valence-electron chi connectivity index (χ0n) is 14.7. The summed E-state index contributed by atoms with van der Waals surface area (Å²) >= 11 is 0. The molecule has 0 unspecified atom stereocenters. The average molecular weight is 338 g/mol. The van der Waals surface area contributed by atoms with E-state index in [1.54, 1.807) is 0 Å². The second kappa shape index (κ2) is 7.40. The van der Waals surface area contributed by atoms with Gasteiger partial charge in [0.1, 0.15) is 5.69 Å². The summed E-state index contributed by atoms with van der Waals surface area (Å²) < 4.78 is 0. The normalized spacial score (nSPS) is 17.0. The Bertz CT molecular complexity index is 746. The number of carbonyl (C=O) groups excluding carboxylic acids is 1. The molecule has 2 heterocycles. The van der Waals surface area contributed by atoms with Crippen LogP contribution in [0, 0.1) is 0 Å². The van der Waals surface area contributed by atoms with Crippen molar-refractivity contribution in [2.24, 2.45) is 0 Å². The van der Waals surface area contributed by atoms with Gasteiger partial charge in [0.25, 0.3) is 5.91 Å². The van der Waals surface area contributed by atoms with E-state index in [4.69, 9.17) is 0 Å². The number of hydrogen-bond donors (Lipinski definition) is 2. The molecule has 1 amide bonds. The van der Waals surface area contributed by atoms with Gasteiger partial charge in [-0.15, -0.1) is 0 Å². The molecule has 0 saturated carbocycles. The van der Waals surface area contributed by atoms with E-state index >= 15 is 0 Å². The first-order valence-corrected chi connectivity index (χ1v) is 9.49. The molecule has 1 aliphatic carbocycles. The van der Waals surface area contributed by atoms with Crippen LogP contribution in [0.2, 0.25) is 0 Å². The van der Waals surface area contributed by atoms with Crippen molar-refractivity contribution < 1.29 is 4.79 Å². The molecule has 1 saturated heterocycles. The Hall–Kier alpha value is -2.14. The molecule has 2 aromatic rings. The maximum Gasteiger partial charge on any atom is 0.269 e. The van der Waals surface area contributed by atoms with E-state index < -0.39 is 0 Å². The third kappa shape index (κ3) is 3.47. The first kappa shape index (κ1) is 16.3. The van der Waals surface area contributed by atoms with Crippen LogP contribution in [0.5, 0.6) is 0 Å². The predicted octanol–water partition coefficient (Wildman–Crippen LogP) is 2.78. The van der Waals surface area contributed by atoms with Gasteiger partial charge in [-0.1, -0.05) is 30.7 Å². The van der Waals surface area contributed by atoms with Gasteiger partial charge in [-0.2, -0.15) is 5.10 Å². The quantitative estimate of drug-likeness (QED) is 0.824. The first-order chi connectivity index (χ1) is 12.3. The van der Waals surface area contributed by atoms with E-state index in [1.807, 2.05) is 6.07 Å². The van der Waals surface area contributed by atoms with Crippen molar-refractivity contribution in [2.75, 3.05) is 26.2 Å². The summed E-state index contributed by atoms with van der Waals surface area (Å²) in [5, 5.41) is 10.5. The maximum atomic E-state index is 12.5. The number of benzene rings is 1. The third-order valence-electron chi connectivity index (χ3n) is 5.40. The van der Waals surface area contributed by atoms with Crippen molar-refractivity contribution in [2.45, 2.75) is 38.5 Å². The molecule has 132 valence electrons. The molecule has 0 atom stereocenters. The van der Waals surface area contributed by atoms with Crippen LogP contribution in [0.25, 0.3) is 11.3 Å². The lowest BCUT2D eigenvalue weighted by Gasteiger charge is -2.26. The number of H-pyrrole nitrogens is 1. The van der Waals surface area contributed by atoms with Gasteiger partial charge in [0.15, 0.2) is 0 Å². The minimum absolute atomic E-state index is 0.0215. The highest BCUT2D eigenvalue weighted by Gasteiger charge is 2.24. The molecule has 4 rings (SSSR count). The van der Waals surface area contributed by atoms with Crippen molar-refractivity contribution in [1.29, 1.82) is 0 Å². The number of fused-ring (bicyclic) bond motifs is 3. The van der Waals surface area contributed by atoms with Crippen LogP contribution >= 0.6 is 0 Å². The number of amides is 1. The molecule has 2 aliphatic rings. The minimum Gasteiger partial charge on any atom is -0.351 e. The fourth-order valence-electron chi connectivity index (χ4n) is 4.02. The van der Waals surface area contributed by atoms with Gasteiger partial charge in [0.05, 0.1) is 5.69 Å². The Kier molecular flexibility index (Phi) is 4.83. The maximum absolute atomic E-state index is 12.5.